The third-order valence-corrected chi connectivity index (χ3v) is 4.21. The Morgan fingerprint density at radius 1 is 1.11 bits per heavy atom. The summed E-state index contributed by atoms with van der Waals surface area (Å²) in [6, 6.07) is 7.29. The highest BCUT2D eigenvalue weighted by atomic mass is 16.5. The lowest BCUT2D eigenvalue weighted by Crippen LogP contribution is -2.46. The van der Waals surface area contributed by atoms with Crippen molar-refractivity contribution in [3.63, 3.8) is 0 Å². The standard InChI is InChI=1S/C22H34N2O3/c1-15(2)11-22(26-7,12-16(3)4)21(25)24-19-8-9-20(18(10-19)13-23)27-14-17(5)6/h8-10,15-17H,11-12,14H2,1-7H3,(H,24,25). The number of nitriles is 1. The molecule has 5 nitrogen and oxygen atoms in total. The number of carbonyl (C=O) groups excluding carboxylic acids is 1. The average molecular weight is 375 g/mol. The number of carbonyl (C=O) groups is 1. The van der Waals surface area contributed by atoms with Crippen molar-refractivity contribution < 1.29 is 14.3 Å². The maximum absolute atomic E-state index is 13.1. The highest BCUT2D eigenvalue weighted by Crippen LogP contribution is 2.31. The molecule has 0 saturated carbocycles. The Morgan fingerprint density at radius 2 is 1.70 bits per heavy atom. The van der Waals surface area contributed by atoms with Crippen LogP contribution in [0.25, 0.3) is 0 Å². The number of nitrogens with one attached hydrogen (secondary N) is 1. The van der Waals surface area contributed by atoms with Gasteiger partial charge in [0.05, 0.1) is 12.2 Å². The van der Waals surface area contributed by atoms with Crippen molar-refractivity contribution in [3.8, 4) is 11.8 Å². The molecule has 5 heteroatoms. The zero-order valence-electron chi connectivity index (χ0n) is 17.8. The first kappa shape index (κ1) is 23.0. The van der Waals surface area contributed by atoms with Gasteiger partial charge in [0.25, 0.3) is 5.91 Å². The number of hydrogen-bond acceptors (Lipinski definition) is 4. The summed E-state index contributed by atoms with van der Waals surface area (Å²) in [6.07, 6.45) is 1.27. The largest absolute Gasteiger partial charge is 0.492 e. The van der Waals surface area contributed by atoms with Crippen molar-refractivity contribution >= 4 is 11.6 Å². The van der Waals surface area contributed by atoms with E-state index in [-0.39, 0.29) is 5.91 Å². The molecule has 0 bridgehead atoms. The summed E-state index contributed by atoms with van der Waals surface area (Å²) in [5, 5.41) is 12.4. The minimum absolute atomic E-state index is 0.174. The molecule has 1 aromatic rings. The Morgan fingerprint density at radius 3 is 2.15 bits per heavy atom. The van der Waals surface area contributed by atoms with Crippen LogP contribution in [-0.2, 0) is 9.53 Å². The molecule has 1 N–H and O–H groups in total. The molecular formula is C22H34N2O3. The second-order valence-corrected chi connectivity index (χ2v) is 8.38. The molecule has 0 spiro atoms. The molecule has 0 saturated heterocycles. The molecule has 0 aliphatic heterocycles. The first-order chi connectivity index (χ1) is 12.6. The molecule has 0 aliphatic carbocycles. The summed E-state index contributed by atoms with van der Waals surface area (Å²) in [6.45, 7) is 13.0. The second kappa shape index (κ2) is 10.3. The summed E-state index contributed by atoms with van der Waals surface area (Å²) in [4.78, 5) is 13.1. The fourth-order valence-electron chi connectivity index (χ4n) is 3.17. The van der Waals surface area contributed by atoms with Gasteiger partial charge in [-0.3, -0.25) is 4.79 Å². The highest BCUT2D eigenvalue weighted by Gasteiger charge is 2.39. The topological polar surface area (TPSA) is 71.3 Å². The lowest BCUT2D eigenvalue weighted by atomic mass is 9.84. The third kappa shape index (κ3) is 6.88. The third-order valence-electron chi connectivity index (χ3n) is 4.21. The van der Waals surface area contributed by atoms with Gasteiger partial charge in [-0.15, -0.1) is 0 Å². The summed E-state index contributed by atoms with van der Waals surface area (Å²) in [5.41, 5.74) is 0.0914. The Balaban J connectivity index is 3.06. The maximum Gasteiger partial charge on any atom is 0.256 e. The Hall–Kier alpha value is -2.06. The minimum Gasteiger partial charge on any atom is -0.492 e. The molecule has 27 heavy (non-hydrogen) atoms. The molecule has 0 aromatic heterocycles. The molecular weight excluding hydrogens is 340 g/mol. The number of ether oxygens (including phenoxy) is 2. The lowest BCUT2D eigenvalue weighted by Gasteiger charge is -2.34. The van der Waals surface area contributed by atoms with Crippen molar-refractivity contribution in [2.75, 3.05) is 19.0 Å². The van der Waals surface area contributed by atoms with E-state index in [9.17, 15) is 10.1 Å². The molecule has 0 aliphatic rings. The number of amides is 1. The minimum atomic E-state index is -0.887. The van der Waals surface area contributed by atoms with E-state index in [0.717, 1.165) is 0 Å². The first-order valence-corrected chi connectivity index (χ1v) is 9.67. The van der Waals surface area contributed by atoms with Gasteiger partial charge in [0.1, 0.15) is 17.4 Å². The van der Waals surface area contributed by atoms with Crippen LogP contribution in [0.15, 0.2) is 18.2 Å². The van der Waals surface area contributed by atoms with Crippen molar-refractivity contribution in [1.82, 2.24) is 0 Å². The van der Waals surface area contributed by atoms with E-state index in [1.54, 1.807) is 25.3 Å². The van der Waals surface area contributed by atoms with Gasteiger partial charge in [0.2, 0.25) is 0 Å². The SMILES string of the molecule is COC(CC(C)C)(CC(C)C)C(=O)Nc1ccc(OCC(C)C)c(C#N)c1. The summed E-state index contributed by atoms with van der Waals surface area (Å²) >= 11 is 0. The van der Waals surface area contributed by atoms with E-state index in [4.69, 9.17) is 9.47 Å². The summed E-state index contributed by atoms with van der Waals surface area (Å²) in [5.74, 6) is 1.36. The Labute approximate surface area is 164 Å². The van der Waals surface area contributed by atoms with Crippen LogP contribution in [0.5, 0.6) is 5.75 Å². The smallest absolute Gasteiger partial charge is 0.256 e. The van der Waals surface area contributed by atoms with Crippen LogP contribution in [0.4, 0.5) is 5.69 Å². The monoisotopic (exact) mass is 374 g/mol. The fourth-order valence-corrected chi connectivity index (χ4v) is 3.17. The predicted molar refractivity (Wildman–Crippen MR) is 109 cm³/mol. The van der Waals surface area contributed by atoms with Crippen LogP contribution in [-0.4, -0.2) is 25.2 Å². The number of benzene rings is 1. The lowest BCUT2D eigenvalue weighted by molar-refractivity contribution is -0.142. The van der Waals surface area contributed by atoms with Crippen LogP contribution in [0.2, 0.25) is 0 Å². The molecule has 1 amide bonds. The van der Waals surface area contributed by atoms with E-state index in [2.05, 4.69) is 52.9 Å². The highest BCUT2D eigenvalue weighted by molar-refractivity contribution is 5.97. The molecule has 0 fully saturated rings. The van der Waals surface area contributed by atoms with E-state index in [1.807, 2.05) is 0 Å². The molecule has 1 rings (SSSR count). The predicted octanol–water partition coefficient (Wildman–Crippen LogP) is 5.01. The number of nitrogens with zero attached hydrogens (tertiary/aromatic N) is 1. The van der Waals surface area contributed by atoms with Gasteiger partial charge in [0, 0.05) is 12.8 Å². The zero-order chi connectivity index (χ0) is 20.6. The molecule has 0 heterocycles. The van der Waals surface area contributed by atoms with Crippen LogP contribution >= 0.6 is 0 Å². The van der Waals surface area contributed by atoms with Gasteiger partial charge in [-0.25, -0.2) is 0 Å². The van der Waals surface area contributed by atoms with Gasteiger partial charge in [-0.2, -0.15) is 5.26 Å². The maximum atomic E-state index is 13.1. The molecule has 150 valence electrons. The Kier molecular flexibility index (Phi) is 8.78. The van der Waals surface area contributed by atoms with E-state index in [1.165, 1.54) is 0 Å². The van der Waals surface area contributed by atoms with Crippen molar-refractivity contribution in [3.05, 3.63) is 23.8 Å². The first-order valence-electron chi connectivity index (χ1n) is 9.67. The van der Waals surface area contributed by atoms with Crippen molar-refractivity contribution in [2.45, 2.75) is 60.0 Å². The molecule has 1 aromatic carbocycles. The second-order valence-electron chi connectivity index (χ2n) is 8.38. The average Bonchev–Trinajstić information content (AvgIpc) is 2.58. The number of hydrogen-bond donors (Lipinski definition) is 1. The van der Waals surface area contributed by atoms with Crippen molar-refractivity contribution in [2.24, 2.45) is 17.8 Å². The van der Waals surface area contributed by atoms with Crippen LogP contribution < -0.4 is 10.1 Å². The van der Waals surface area contributed by atoms with Gasteiger partial charge >= 0.3 is 0 Å². The Bertz CT molecular complexity index is 650. The normalized spacial score (nSPS) is 11.7. The molecule has 0 unspecified atom stereocenters. The number of methoxy groups -OCH3 is 1. The fraction of sp³-hybridized carbons (Fsp3) is 0.636. The number of rotatable bonds is 10. The van der Waals surface area contributed by atoms with E-state index < -0.39 is 5.60 Å². The van der Waals surface area contributed by atoms with Crippen LogP contribution in [0, 0.1) is 29.1 Å². The van der Waals surface area contributed by atoms with Gasteiger partial charge in [-0.1, -0.05) is 41.5 Å². The molecule has 0 radical (unpaired) electrons. The van der Waals surface area contributed by atoms with Crippen molar-refractivity contribution in [1.29, 1.82) is 5.26 Å². The number of anilines is 1. The summed E-state index contributed by atoms with van der Waals surface area (Å²) in [7, 11) is 1.59. The van der Waals surface area contributed by atoms with Crippen LogP contribution in [0.1, 0.15) is 59.9 Å². The van der Waals surface area contributed by atoms with Gasteiger partial charge < -0.3 is 14.8 Å². The zero-order valence-corrected chi connectivity index (χ0v) is 17.8. The van der Waals surface area contributed by atoms with E-state index in [0.29, 0.717) is 54.2 Å². The van der Waals surface area contributed by atoms with Gasteiger partial charge in [0.15, 0.2) is 0 Å². The quantitative estimate of drug-likeness (QED) is 0.625. The van der Waals surface area contributed by atoms with Crippen LogP contribution in [0.3, 0.4) is 0 Å². The van der Waals surface area contributed by atoms with Gasteiger partial charge in [-0.05, 0) is 48.8 Å². The molecule has 0 atom stereocenters. The summed E-state index contributed by atoms with van der Waals surface area (Å²) < 4.78 is 11.4. The van der Waals surface area contributed by atoms with E-state index >= 15 is 0 Å².